The Morgan fingerprint density at radius 3 is 2.33 bits per heavy atom. The highest BCUT2D eigenvalue weighted by molar-refractivity contribution is 7.85. The van der Waals surface area contributed by atoms with E-state index in [1.165, 1.54) is 4.90 Å². The lowest BCUT2D eigenvalue weighted by atomic mass is 9.70. The molecular weight excluding hydrogens is 444 g/mol. The van der Waals surface area contributed by atoms with E-state index in [1.54, 1.807) is 0 Å². The normalized spacial score (nSPS) is 32.5. The van der Waals surface area contributed by atoms with Crippen LogP contribution in [0.15, 0.2) is 30.3 Å². The van der Waals surface area contributed by atoms with Crippen LogP contribution in [0.2, 0.25) is 0 Å². The second kappa shape index (κ2) is 8.60. The number of rotatable bonds is 4. The van der Waals surface area contributed by atoms with Gasteiger partial charge < -0.3 is 5.32 Å². The molecule has 1 aromatic carbocycles. The summed E-state index contributed by atoms with van der Waals surface area (Å²) in [6.45, 7) is 5.12. The summed E-state index contributed by atoms with van der Waals surface area (Å²) in [6.07, 6.45) is 3.77. The van der Waals surface area contributed by atoms with E-state index < -0.39 is 21.3 Å². The van der Waals surface area contributed by atoms with Crippen LogP contribution in [-0.2, 0) is 31.0 Å². The molecule has 8 nitrogen and oxygen atoms in total. The average Bonchev–Trinajstić information content (AvgIpc) is 3.22. The van der Waals surface area contributed by atoms with Crippen molar-refractivity contribution in [1.29, 1.82) is 0 Å². The third kappa shape index (κ3) is 4.26. The molecular formula is C24H32N2O6S. The molecule has 33 heavy (non-hydrogen) atoms. The lowest BCUT2D eigenvalue weighted by Gasteiger charge is -2.35. The molecule has 0 spiro atoms. The van der Waals surface area contributed by atoms with Crippen LogP contribution < -0.4 is 5.32 Å². The van der Waals surface area contributed by atoms with Crippen LogP contribution in [0, 0.1) is 22.7 Å². The summed E-state index contributed by atoms with van der Waals surface area (Å²) in [4.78, 5) is 37.7. The van der Waals surface area contributed by atoms with E-state index in [0.717, 1.165) is 31.4 Å². The van der Waals surface area contributed by atoms with Gasteiger partial charge in [0.2, 0.25) is 11.8 Å². The molecule has 4 fully saturated rings. The molecule has 2 saturated heterocycles. The summed E-state index contributed by atoms with van der Waals surface area (Å²) >= 11 is 0. The van der Waals surface area contributed by atoms with Gasteiger partial charge in [-0.05, 0) is 49.1 Å². The van der Waals surface area contributed by atoms with Crippen LogP contribution in [0.4, 0.5) is 0 Å². The van der Waals surface area contributed by atoms with Gasteiger partial charge in [0.15, 0.2) is 0 Å². The average molecular weight is 477 g/mol. The van der Waals surface area contributed by atoms with Crippen LogP contribution in [0.3, 0.4) is 0 Å². The Morgan fingerprint density at radius 2 is 1.79 bits per heavy atom. The molecule has 4 aliphatic rings. The third-order valence-corrected chi connectivity index (χ3v) is 9.18. The lowest BCUT2D eigenvalue weighted by Crippen LogP contribution is -2.44. The second-order valence-electron chi connectivity index (χ2n) is 10.3. The standard InChI is InChI=1S/C14H16N2O2.C10H16O4S/c17-13-11-7-4-8-15-12(11)14(18)16(13)9-10-5-2-1-3-6-10;1-9(2)7-3-4-10(9,8(11)5-7)6-15(12,13)14/h1-3,5-6,11-12,15H,4,7-9H2;7H,3-6H2,1-2H3,(H,12,13,14)/t11-,12+;7?,10-/m01/s1. The number of nitrogens with one attached hydrogen (secondary N) is 1. The van der Waals surface area contributed by atoms with Gasteiger partial charge in [-0.15, -0.1) is 0 Å². The molecule has 5 rings (SSSR count). The van der Waals surface area contributed by atoms with Crippen molar-refractivity contribution < 1.29 is 27.4 Å². The van der Waals surface area contributed by atoms with Gasteiger partial charge in [0, 0.05) is 6.42 Å². The first-order chi connectivity index (χ1) is 15.5. The maximum Gasteiger partial charge on any atom is 0.265 e. The number of carbonyl (C=O) groups excluding carboxylic acids is 3. The Hall–Kier alpha value is -2.10. The fraction of sp³-hybridized carbons (Fsp3) is 0.625. The van der Waals surface area contributed by atoms with E-state index in [2.05, 4.69) is 5.32 Å². The zero-order valence-electron chi connectivity index (χ0n) is 19.1. The SMILES string of the molecule is CC1(C)C2CC[C@@]1(CS(=O)(=O)O)C(=O)C2.O=C1[C@H]2CCCN[C@H]2C(=O)N1Cc1ccccc1. The molecule has 2 N–H and O–H groups in total. The molecule has 2 aliphatic carbocycles. The van der Waals surface area contributed by atoms with Crippen molar-refractivity contribution in [3.05, 3.63) is 35.9 Å². The number of nitrogens with zero attached hydrogens (tertiary/aromatic N) is 1. The number of benzene rings is 1. The first-order valence-corrected chi connectivity index (χ1v) is 13.2. The number of amides is 2. The summed E-state index contributed by atoms with van der Waals surface area (Å²) < 4.78 is 31.0. The van der Waals surface area contributed by atoms with Crippen molar-refractivity contribution in [1.82, 2.24) is 10.2 Å². The molecule has 4 atom stereocenters. The molecule has 180 valence electrons. The van der Waals surface area contributed by atoms with Crippen molar-refractivity contribution in [2.75, 3.05) is 12.3 Å². The monoisotopic (exact) mass is 476 g/mol. The Bertz CT molecular complexity index is 1030. The summed E-state index contributed by atoms with van der Waals surface area (Å²) in [7, 11) is -4.08. The van der Waals surface area contributed by atoms with Crippen LogP contribution in [0.25, 0.3) is 0 Å². The number of Topliss-reactive ketones (excluding diaryl/α,β-unsaturated/α-hetero) is 1. The summed E-state index contributed by atoms with van der Waals surface area (Å²) in [5, 5.41) is 3.16. The molecule has 1 aromatic rings. The van der Waals surface area contributed by atoms with Gasteiger partial charge >= 0.3 is 0 Å². The maximum absolute atomic E-state index is 12.2. The molecule has 2 bridgehead atoms. The minimum absolute atomic E-state index is 0.0129. The predicted molar refractivity (Wildman–Crippen MR) is 121 cm³/mol. The lowest BCUT2D eigenvalue weighted by molar-refractivity contribution is -0.140. The number of hydrogen-bond acceptors (Lipinski definition) is 6. The molecule has 2 amide bonds. The fourth-order valence-corrected chi connectivity index (χ4v) is 7.53. The summed E-state index contributed by atoms with van der Waals surface area (Å²) in [5.41, 5.74) is -0.122. The first kappa shape index (κ1) is 24.0. The number of piperidine rings is 1. The Labute approximate surface area is 194 Å². The van der Waals surface area contributed by atoms with Gasteiger partial charge in [0.25, 0.3) is 10.1 Å². The van der Waals surface area contributed by atoms with Gasteiger partial charge in [-0.25, -0.2) is 0 Å². The highest BCUT2D eigenvalue weighted by atomic mass is 32.2. The predicted octanol–water partition coefficient (Wildman–Crippen LogP) is 2.19. The largest absolute Gasteiger partial charge is 0.305 e. The third-order valence-electron chi connectivity index (χ3n) is 8.33. The Morgan fingerprint density at radius 1 is 1.09 bits per heavy atom. The highest BCUT2D eigenvalue weighted by Crippen LogP contribution is 2.64. The molecule has 0 radical (unpaired) electrons. The molecule has 1 unspecified atom stereocenters. The Balaban J connectivity index is 0.000000160. The zero-order valence-corrected chi connectivity index (χ0v) is 19.9. The number of fused-ring (bicyclic) bond motifs is 3. The van der Waals surface area contributed by atoms with Gasteiger partial charge in [0.1, 0.15) is 5.78 Å². The summed E-state index contributed by atoms with van der Waals surface area (Å²) in [6, 6.07) is 9.37. The number of carbonyl (C=O) groups is 3. The van der Waals surface area contributed by atoms with Crippen molar-refractivity contribution in [3.63, 3.8) is 0 Å². The molecule has 2 saturated carbocycles. The summed E-state index contributed by atoms with van der Waals surface area (Å²) in [5.74, 6) is -0.319. The zero-order chi connectivity index (χ0) is 24.0. The van der Waals surface area contributed by atoms with Crippen molar-refractivity contribution in [2.24, 2.45) is 22.7 Å². The number of hydrogen-bond donors (Lipinski definition) is 2. The van der Waals surface area contributed by atoms with E-state index in [9.17, 15) is 22.8 Å². The minimum atomic E-state index is -4.08. The van der Waals surface area contributed by atoms with Gasteiger partial charge in [0.05, 0.1) is 29.7 Å². The van der Waals surface area contributed by atoms with E-state index in [0.29, 0.717) is 19.4 Å². The van der Waals surface area contributed by atoms with Gasteiger partial charge in [-0.1, -0.05) is 44.2 Å². The quantitative estimate of drug-likeness (QED) is 0.505. The second-order valence-corrected chi connectivity index (χ2v) is 11.8. The van der Waals surface area contributed by atoms with Crippen molar-refractivity contribution >= 4 is 27.7 Å². The van der Waals surface area contributed by atoms with E-state index in [1.807, 2.05) is 44.2 Å². The van der Waals surface area contributed by atoms with Crippen LogP contribution in [0.1, 0.15) is 51.5 Å². The van der Waals surface area contributed by atoms with Crippen molar-refractivity contribution in [3.8, 4) is 0 Å². The van der Waals surface area contributed by atoms with Crippen LogP contribution in [0.5, 0.6) is 0 Å². The minimum Gasteiger partial charge on any atom is -0.305 e. The topological polar surface area (TPSA) is 121 Å². The number of imide groups is 1. The van der Waals surface area contributed by atoms with Gasteiger partial charge in [-0.2, -0.15) is 8.42 Å². The molecule has 2 aliphatic heterocycles. The smallest absolute Gasteiger partial charge is 0.265 e. The molecule has 9 heteroatoms. The molecule has 2 heterocycles. The molecule has 0 aromatic heterocycles. The van der Waals surface area contributed by atoms with Crippen LogP contribution in [-0.4, -0.2) is 53.8 Å². The first-order valence-electron chi connectivity index (χ1n) is 11.6. The fourth-order valence-electron chi connectivity index (χ4n) is 6.23. The van der Waals surface area contributed by atoms with E-state index in [-0.39, 0.29) is 40.9 Å². The van der Waals surface area contributed by atoms with Crippen molar-refractivity contribution in [2.45, 2.75) is 58.5 Å². The maximum atomic E-state index is 12.2. The number of likely N-dealkylation sites (tertiary alicyclic amines) is 1. The van der Waals surface area contributed by atoms with Crippen LogP contribution >= 0.6 is 0 Å². The van der Waals surface area contributed by atoms with E-state index >= 15 is 0 Å². The van der Waals surface area contributed by atoms with E-state index in [4.69, 9.17) is 4.55 Å². The number of ketones is 1. The highest BCUT2D eigenvalue weighted by Gasteiger charge is 2.65. The Kier molecular flexibility index (Phi) is 6.26. The van der Waals surface area contributed by atoms with Gasteiger partial charge in [-0.3, -0.25) is 23.8 Å².